The van der Waals surface area contributed by atoms with Crippen LogP contribution in [-0.4, -0.2) is 23.8 Å². The lowest BCUT2D eigenvalue weighted by molar-refractivity contribution is -0.119. The molecular formula is C20H23NO3. The Kier molecular flexibility index (Phi) is 5.85. The molecule has 1 heterocycles. The first kappa shape index (κ1) is 17.9. The van der Waals surface area contributed by atoms with Gasteiger partial charge in [0.25, 0.3) is 0 Å². The Morgan fingerprint density at radius 1 is 1.21 bits per heavy atom. The Labute approximate surface area is 142 Å². The van der Waals surface area contributed by atoms with Crippen LogP contribution in [0.15, 0.2) is 36.5 Å². The zero-order valence-electron chi connectivity index (χ0n) is 14.6. The van der Waals surface area contributed by atoms with E-state index in [1.165, 1.54) is 7.11 Å². The van der Waals surface area contributed by atoms with Gasteiger partial charge in [-0.2, -0.15) is 0 Å². The average molecular weight is 325 g/mol. The van der Waals surface area contributed by atoms with E-state index in [1.54, 1.807) is 18.3 Å². The first-order chi connectivity index (χ1) is 11.5. The van der Waals surface area contributed by atoms with Crippen molar-refractivity contribution < 1.29 is 14.3 Å². The summed E-state index contributed by atoms with van der Waals surface area (Å²) in [6, 6.07) is 9.36. The standard InChI is InChI=1S/C20H23NO3/c1-5-16(22)11-14(3)17-7-6-15(20(23)24-4)12-18(17)19-10-13(2)8-9-21-19/h6-10,12,14H,5,11H2,1-4H3/t14-/m0/s1. The molecule has 126 valence electrons. The van der Waals surface area contributed by atoms with E-state index in [0.29, 0.717) is 18.4 Å². The summed E-state index contributed by atoms with van der Waals surface area (Å²) in [5, 5.41) is 0. The van der Waals surface area contributed by atoms with Gasteiger partial charge in [0.1, 0.15) is 5.78 Å². The maximum atomic E-state index is 11.9. The summed E-state index contributed by atoms with van der Waals surface area (Å²) < 4.78 is 4.82. The highest BCUT2D eigenvalue weighted by Crippen LogP contribution is 2.32. The number of hydrogen-bond acceptors (Lipinski definition) is 4. The Balaban J connectivity index is 2.53. The molecule has 0 amide bonds. The van der Waals surface area contributed by atoms with E-state index in [1.807, 2.05) is 39.0 Å². The number of aryl methyl sites for hydroxylation is 1. The van der Waals surface area contributed by atoms with Crippen LogP contribution >= 0.6 is 0 Å². The number of benzene rings is 1. The normalized spacial score (nSPS) is 11.8. The smallest absolute Gasteiger partial charge is 0.337 e. The topological polar surface area (TPSA) is 56.3 Å². The highest BCUT2D eigenvalue weighted by atomic mass is 16.5. The molecule has 0 N–H and O–H groups in total. The van der Waals surface area contributed by atoms with Gasteiger partial charge in [0, 0.05) is 24.6 Å². The quantitative estimate of drug-likeness (QED) is 0.742. The number of nitrogens with zero attached hydrogens (tertiary/aromatic N) is 1. The summed E-state index contributed by atoms with van der Waals surface area (Å²) in [5.74, 6) is -0.100. The van der Waals surface area contributed by atoms with Gasteiger partial charge in [0.15, 0.2) is 0 Å². The number of rotatable bonds is 6. The van der Waals surface area contributed by atoms with Crippen LogP contribution in [0.5, 0.6) is 0 Å². The third-order valence-corrected chi connectivity index (χ3v) is 4.12. The maximum Gasteiger partial charge on any atom is 0.337 e. The van der Waals surface area contributed by atoms with Crippen LogP contribution in [0.2, 0.25) is 0 Å². The van der Waals surface area contributed by atoms with E-state index in [0.717, 1.165) is 22.4 Å². The molecule has 1 aromatic carbocycles. The van der Waals surface area contributed by atoms with E-state index in [4.69, 9.17) is 4.74 Å². The van der Waals surface area contributed by atoms with Gasteiger partial charge in [-0.15, -0.1) is 0 Å². The minimum atomic E-state index is -0.382. The maximum absolute atomic E-state index is 11.9. The van der Waals surface area contributed by atoms with Crippen LogP contribution in [0, 0.1) is 6.92 Å². The van der Waals surface area contributed by atoms with Gasteiger partial charge < -0.3 is 4.74 Å². The van der Waals surface area contributed by atoms with Crippen molar-refractivity contribution in [3.8, 4) is 11.3 Å². The van der Waals surface area contributed by atoms with Crippen molar-refractivity contribution in [1.82, 2.24) is 4.98 Å². The van der Waals surface area contributed by atoms with Crippen LogP contribution in [0.3, 0.4) is 0 Å². The minimum Gasteiger partial charge on any atom is -0.465 e. The number of aromatic nitrogens is 1. The van der Waals surface area contributed by atoms with Crippen molar-refractivity contribution >= 4 is 11.8 Å². The highest BCUT2D eigenvalue weighted by Gasteiger charge is 2.18. The van der Waals surface area contributed by atoms with Crippen LogP contribution in [0.25, 0.3) is 11.3 Å². The second kappa shape index (κ2) is 7.86. The molecule has 0 bridgehead atoms. The highest BCUT2D eigenvalue weighted by molar-refractivity contribution is 5.91. The summed E-state index contributed by atoms with van der Waals surface area (Å²) in [4.78, 5) is 28.1. The molecule has 0 unspecified atom stereocenters. The van der Waals surface area contributed by atoms with Crippen molar-refractivity contribution in [3.05, 3.63) is 53.2 Å². The Morgan fingerprint density at radius 2 is 1.96 bits per heavy atom. The summed E-state index contributed by atoms with van der Waals surface area (Å²) in [6.07, 6.45) is 2.76. The molecule has 0 saturated carbocycles. The number of ketones is 1. The number of esters is 1. The van der Waals surface area contributed by atoms with E-state index in [-0.39, 0.29) is 17.7 Å². The van der Waals surface area contributed by atoms with E-state index in [9.17, 15) is 9.59 Å². The lowest BCUT2D eigenvalue weighted by atomic mass is 9.88. The van der Waals surface area contributed by atoms with Crippen LogP contribution in [-0.2, 0) is 9.53 Å². The van der Waals surface area contributed by atoms with Gasteiger partial charge in [-0.25, -0.2) is 4.79 Å². The van der Waals surface area contributed by atoms with E-state index < -0.39 is 0 Å². The molecule has 2 rings (SSSR count). The molecule has 1 aromatic heterocycles. The van der Waals surface area contributed by atoms with Gasteiger partial charge in [0.05, 0.1) is 18.4 Å². The third kappa shape index (κ3) is 4.07. The number of Topliss-reactive ketones (excluding diaryl/α,β-unsaturated/α-hetero) is 1. The summed E-state index contributed by atoms with van der Waals surface area (Å²) in [5.41, 5.74) is 4.26. The largest absolute Gasteiger partial charge is 0.465 e. The Morgan fingerprint density at radius 3 is 2.58 bits per heavy atom. The molecule has 24 heavy (non-hydrogen) atoms. The predicted molar refractivity (Wildman–Crippen MR) is 94.1 cm³/mol. The predicted octanol–water partition coefficient (Wildman–Crippen LogP) is 4.32. The second-order valence-electron chi connectivity index (χ2n) is 6.01. The molecule has 4 nitrogen and oxygen atoms in total. The summed E-state index contributed by atoms with van der Waals surface area (Å²) >= 11 is 0. The van der Waals surface area contributed by atoms with Crippen molar-refractivity contribution in [2.75, 3.05) is 7.11 Å². The van der Waals surface area contributed by atoms with Gasteiger partial charge in [-0.05, 0) is 48.2 Å². The zero-order valence-corrected chi connectivity index (χ0v) is 14.6. The Bertz CT molecular complexity index is 752. The van der Waals surface area contributed by atoms with Crippen molar-refractivity contribution in [2.24, 2.45) is 0 Å². The van der Waals surface area contributed by atoms with E-state index >= 15 is 0 Å². The first-order valence-corrected chi connectivity index (χ1v) is 8.13. The second-order valence-corrected chi connectivity index (χ2v) is 6.01. The fourth-order valence-electron chi connectivity index (χ4n) is 2.73. The molecule has 0 spiro atoms. The first-order valence-electron chi connectivity index (χ1n) is 8.13. The SMILES string of the molecule is CCC(=O)C[C@H](C)c1ccc(C(=O)OC)cc1-c1cc(C)ccn1. The van der Waals surface area contributed by atoms with Crippen molar-refractivity contribution in [3.63, 3.8) is 0 Å². The molecule has 4 heteroatoms. The lowest BCUT2D eigenvalue weighted by Crippen LogP contribution is -2.07. The molecule has 2 aromatic rings. The molecule has 0 saturated heterocycles. The van der Waals surface area contributed by atoms with Crippen LogP contribution < -0.4 is 0 Å². The number of ether oxygens (including phenoxy) is 1. The van der Waals surface area contributed by atoms with Crippen molar-refractivity contribution in [1.29, 1.82) is 0 Å². The van der Waals surface area contributed by atoms with Gasteiger partial charge >= 0.3 is 5.97 Å². The molecule has 0 aliphatic carbocycles. The van der Waals surface area contributed by atoms with Crippen LogP contribution in [0.4, 0.5) is 0 Å². The summed E-state index contributed by atoms with van der Waals surface area (Å²) in [6.45, 7) is 5.90. The van der Waals surface area contributed by atoms with Gasteiger partial charge in [-0.3, -0.25) is 9.78 Å². The minimum absolute atomic E-state index is 0.0569. The monoisotopic (exact) mass is 325 g/mol. The summed E-state index contributed by atoms with van der Waals surface area (Å²) in [7, 11) is 1.36. The van der Waals surface area contributed by atoms with Gasteiger partial charge in [0.2, 0.25) is 0 Å². The zero-order chi connectivity index (χ0) is 17.7. The van der Waals surface area contributed by atoms with Gasteiger partial charge in [-0.1, -0.05) is 19.9 Å². The number of carbonyl (C=O) groups is 2. The fraction of sp³-hybridized carbons (Fsp3) is 0.350. The number of carbonyl (C=O) groups excluding carboxylic acids is 2. The van der Waals surface area contributed by atoms with Crippen LogP contribution in [0.1, 0.15) is 54.1 Å². The van der Waals surface area contributed by atoms with Crippen molar-refractivity contribution in [2.45, 2.75) is 39.5 Å². The Hall–Kier alpha value is -2.49. The fourth-order valence-corrected chi connectivity index (χ4v) is 2.73. The lowest BCUT2D eigenvalue weighted by Gasteiger charge is -2.17. The molecule has 0 fully saturated rings. The average Bonchev–Trinajstić information content (AvgIpc) is 2.60. The molecule has 0 aliphatic rings. The van der Waals surface area contributed by atoms with E-state index in [2.05, 4.69) is 4.98 Å². The number of hydrogen-bond donors (Lipinski definition) is 0. The molecule has 0 radical (unpaired) electrons. The molecular weight excluding hydrogens is 302 g/mol. The third-order valence-electron chi connectivity index (χ3n) is 4.12. The number of pyridine rings is 1. The molecule has 0 aliphatic heterocycles. The number of methoxy groups -OCH3 is 1. The molecule has 1 atom stereocenters.